The van der Waals surface area contributed by atoms with Crippen molar-refractivity contribution >= 4 is 22.8 Å². The SMILES string of the molecule is C1=C(c2cccc(C3N=C(c4ccccc4)NC(c4ccccc4)=N3)c2)C=C(c2cc(-c3cccc(-c4ccccc4)c3)cc(-c3ccccc3)n2)CC1. The van der Waals surface area contributed by atoms with Crippen LogP contribution < -0.4 is 5.32 Å². The number of rotatable bonds is 8. The molecule has 0 fully saturated rings. The van der Waals surface area contributed by atoms with Crippen molar-refractivity contribution in [3.63, 3.8) is 0 Å². The lowest BCUT2D eigenvalue weighted by molar-refractivity contribution is 0.755. The molecule has 1 aromatic heterocycles. The summed E-state index contributed by atoms with van der Waals surface area (Å²) in [4.78, 5) is 15.5. The highest BCUT2D eigenvalue weighted by molar-refractivity contribution is 6.15. The first-order valence-corrected chi connectivity index (χ1v) is 18.5. The second-order valence-corrected chi connectivity index (χ2v) is 13.6. The summed E-state index contributed by atoms with van der Waals surface area (Å²) in [5.74, 6) is 1.63. The standard InChI is InChI=1S/C50H38N4/c1-5-16-35(17-6-1)39-24-13-27-42(30-39)45-33-46(36-18-7-2-8-19-36)51-47(34-45)43-28-14-25-40(31-43)41-26-15-29-44(32-41)50-53-48(37-20-9-3-10-21-37)52-49(54-50)38-22-11-4-12-23-38/h1-13,15-27,29-34,50H,14,28H2,(H,52,53,54). The highest BCUT2D eigenvalue weighted by Gasteiger charge is 2.22. The van der Waals surface area contributed by atoms with Crippen LogP contribution in [0.1, 0.15) is 47.0 Å². The van der Waals surface area contributed by atoms with Crippen LogP contribution in [0.5, 0.6) is 0 Å². The average molecular weight is 695 g/mol. The monoisotopic (exact) mass is 694 g/mol. The van der Waals surface area contributed by atoms with Crippen molar-refractivity contribution in [2.24, 2.45) is 9.98 Å². The van der Waals surface area contributed by atoms with Crippen LogP contribution in [0, 0.1) is 0 Å². The molecule has 0 unspecified atom stereocenters. The summed E-state index contributed by atoms with van der Waals surface area (Å²) in [6, 6.07) is 63.6. The third-order valence-corrected chi connectivity index (χ3v) is 9.99. The van der Waals surface area contributed by atoms with E-state index in [1.54, 1.807) is 0 Å². The molecule has 1 aliphatic heterocycles. The van der Waals surface area contributed by atoms with Crippen LogP contribution in [0.2, 0.25) is 0 Å². The molecule has 6 aromatic carbocycles. The second-order valence-electron chi connectivity index (χ2n) is 13.6. The van der Waals surface area contributed by atoms with Gasteiger partial charge in [0.15, 0.2) is 6.17 Å². The molecule has 1 aliphatic carbocycles. The van der Waals surface area contributed by atoms with Gasteiger partial charge in [0.25, 0.3) is 0 Å². The van der Waals surface area contributed by atoms with Gasteiger partial charge in [0.05, 0.1) is 11.4 Å². The zero-order valence-electron chi connectivity index (χ0n) is 29.8. The molecule has 0 amide bonds. The van der Waals surface area contributed by atoms with Crippen molar-refractivity contribution < 1.29 is 0 Å². The van der Waals surface area contributed by atoms with Gasteiger partial charge in [-0.15, -0.1) is 0 Å². The summed E-state index contributed by atoms with van der Waals surface area (Å²) in [5.41, 5.74) is 14.5. The van der Waals surface area contributed by atoms with Crippen molar-refractivity contribution in [3.05, 3.63) is 222 Å². The highest BCUT2D eigenvalue weighted by atomic mass is 15.2. The quantitative estimate of drug-likeness (QED) is 0.172. The van der Waals surface area contributed by atoms with Gasteiger partial charge in [-0.1, -0.05) is 164 Å². The number of hydrogen-bond donors (Lipinski definition) is 1. The number of benzene rings is 6. The summed E-state index contributed by atoms with van der Waals surface area (Å²) in [6.07, 6.45) is 6.13. The van der Waals surface area contributed by atoms with E-state index in [0.29, 0.717) is 0 Å². The van der Waals surface area contributed by atoms with Gasteiger partial charge in [0.2, 0.25) is 0 Å². The van der Waals surface area contributed by atoms with Gasteiger partial charge in [-0.05, 0) is 87.7 Å². The Bertz CT molecular complexity index is 2500. The molecular formula is C50H38N4. The molecule has 54 heavy (non-hydrogen) atoms. The number of amidine groups is 2. The number of aromatic nitrogens is 1. The van der Waals surface area contributed by atoms with Gasteiger partial charge >= 0.3 is 0 Å². The van der Waals surface area contributed by atoms with Crippen molar-refractivity contribution in [2.75, 3.05) is 0 Å². The van der Waals surface area contributed by atoms with Crippen LogP contribution in [-0.4, -0.2) is 16.7 Å². The Hall–Kier alpha value is -6.91. The first-order chi connectivity index (χ1) is 26.7. The Morgan fingerprint density at radius 3 is 1.59 bits per heavy atom. The molecule has 0 atom stereocenters. The van der Waals surface area contributed by atoms with E-state index in [0.717, 1.165) is 69.3 Å². The lowest BCUT2D eigenvalue weighted by Gasteiger charge is -2.23. The number of pyridine rings is 1. The normalized spacial score (nSPS) is 14.3. The molecule has 2 heterocycles. The average Bonchev–Trinajstić information content (AvgIpc) is 3.27. The summed E-state index contributed by atoms with van der Waals surface area (Å²) >= 11 is 0. The Kier molecular flexibility index (Phi) is 9.14. The molecule has 1 N–H and O–H groups in total. The maximum atomic E-state index is 5.29. The Labute approximate surface area is 316 Å². The van der Waals surface area contributed by atoms with Crippen LogP contribution >= 0.6 is 0 Å². The van der Waals surface area contributed by atoms with Crippen LogP contribution in [-0.2, 0) is 0 Å². The van der Waals surface area contributed by atoms with Crippen LogP contribution in [0.3, 0.4) is 0 Å². The van der Waals surface area contributed by atoms with Crippen molar-refractivity contribution in [2.45, 2.75) is 19.0 Å². The van der Waals surface area contributed by atoms with Crippen LogP contribution in [0.15, 0.2) is 204 Å². The molecule has 0 bridgehead atoms. The third kappa shape index (κ3) is 7.10. The molecule has 258 valence electrons. The molecule has 0 saturated heterocycles. The van der Waals surface area contributed by atoms with E-state index in [1.165, 1.54) is 27.8 Å². The minimum absolute atomic E-state index is 0.386. The molecule has 0 saturated carbocycles. The lowest BCUT2D eigenvalue weighted by Crippen LogP contribution is -2.36. The zero-order chi connectivity index (χ0) is 36.1. The van der Waals surface area contributed by atoms with Gasteiger partial charge in [0.1, 0.15) is 11.7 Å². The topological polar surface area (TPSA) is 49.6 Å². The molecule has 0 radical (unpaired) electrons. The molecule has 4 heteroatoms. The smallest absolute Gasteiger partial charge is 0.169 e. The lowest BCUT2D eigenvalue weighted by atomic mass is 9.90. The largest absolute Gasteiger partial charge is 0.324 e. The molecule has 9 rings (SSSR count). The van der Waals surface area contributed by atoms with Crippen LogP contribution in [0.25, 0.3) is 44.7 Å². The van der Waals surface area contributed by atoms with E-state index in [9.17, 15) is 0 Å². The van der Waals surface area contributed by atoms with Gasteiger partial charge in [0, 0.05) is 16.7 Å². The van der Waals surface area contributed by atoms with Crippen molar-refractivity contribution in [1.29, 1.82) is 0 Å². The van der Waals surface area contributed by atoms with Crippen molar-refractivity contribution in [3.8, 4) is 33.5 Å². The number of nitrogens with one attached hydrogen (secondary N) is 1. The Balaban J connectivity index is 1.08. The highest BCUT2D eigenvalue weighted by Crippen LogP contribution is 2.36. The predicted octanol–water partition coefficient (Wildman–Crippen LogP) is 11.8. The number of nitrogens with zero attached hydrogens (tertiary/aromatic N) is 3. The fourth-order valence-electron chi connectivity index (χ4n) is 7.20. The Morgan fingerprint density at radius 1 is 0.426 bits per heavy atom. The second kappa shape index (κ2) is 15.0. The van der Waals surface area contributed by atoms with E-state index in [1.807, 2.05) is 36.4 Å². The van der Waals surface area contributed by atoms with E-state index in [4.69, 9.17) is 15.0 Å². The van der Waals surface area contributed by atoms with Gasteiger partial charge in [-0.2, -0.15) is 0 Å². The van der Waals surface area contributed by atoms with Crippen LogP contribution in [0.4, 0.5) is 0 Å². The molecule has 7 aromatic rings. The fraction of sp³-hybridized carbons (Fsp3) is 0.0600. The minimum Gasteiger partial charge on any atom is -0.324 e. The summed E-state index contributed by atoms with van der Waals surface area (Å²) < 4.78 is 0. The van der Waals surface area contributed by atoms with E-state index >= 15 is 0 Å². The molecule has 2 aliphatic rings. The number of aliphatic imine (C=N–C) groups is 2. The zero-order valence-corrected chi connectivity index (χ0v) is 29.8. The van der Waals surface area contributed by atoms with Gasteiger partial charge in [-0.3, -0.25) is 0 Å². The summed E-state index contributed by atoms with van der Waals surface area (Å²) in [5, 5.41) is 3.50. The molecule has 4 nitrogen and oxygen atoms in total. The summed E-state index contributed by atoms with van der Waals surface area (Å²) in [6.45, 7) is 0. The number of allylic oxidation sites excluding steroid dienone is 4. The first kappa shape index (κ1) is 33.0. The maximum Gasteiger partial charge on any atom is 0.169 e. The molecular weight excluding hydrogens is 657 g/mol. The number of hydrogen-bond acceptors (Lipinski definition) is 4. The minimum atomic E-state index is -0.386. The van der Waals surface area contributed by atoms with Crippen molar-refractivity contribution in [1.82, 2.24) is 10.3 Å². The van der Waals surface area contributed by atoms with E-state index < -0.39 is 0 Å². The Morgan fingerprint density at radius 2 is 0.944 bits per heavy atom. The van der Waals surface area contributed by atoms with E-state index in [-0.39, 0.29) is 6.17 Å². The van der Waals surface area contributed by atoms with Gasteiger partial charge < -0.3 is 5.32 Å². The first-order valence-electron chi connectivity index (χ1n) is 18.5. The maximum absolute atomic E-state index is 5.29. The third-order valence-electron chi connectivity index (χ3n) is 9.99. The fourth-order valence-corrected chi connectivity index (χ4v) is 7.20. The predicted molar refractivity (Wildman–Crippen MR) is 224 cm³/mol. The van der Waals surface area contributed by atoms with E-state index in [2.05, 4.69) is 163 Å². The molecule has 0 spiro atoms. The summed E-state index contributed by atoms with van der Waals surface area (Å²) in [7, 11) is 0. The van der Waals surface area contributed by atoms with Gasteiger partial charge in [-0.25, -0.2) is 15.0 Å².